The van der Waals surface area contributed by atoms with Crippen molar-refractivity contribution in [2.45, 2.75) is 86.8 Å². The van der Waals surface area contributed by atoms with Crippen LogP contribution in [0.4, 0.5) is 0 Å². The molecule has 5 rings (SSSR count). The summed E-state index contributed by atoms with van der Waals surface area (Å²) < 4.78 is 59.4. The van der Waals surface area contributed by atoms with Gasteiger partial charge in [0.2, 0.25) is 20.0 Å². The number of rotatable bonds is 14. The predicted molar refractivity (Wildman–Crippen MR) is 197 cm³/mol. The van der Waals surface area contributed by atoms with Crippen molar-refractivity contribution in [2.75, 3.05) is 52.5 Å². The van der Waals surface area contributed by atoms with Gasteiger partial charge in [-0.15, -0.1) is 0 Å². The molecule has 0 atom stereocenters. The van der Waals surface area contributed by atoms with Gasteiger partial charge in [0.25, 0.3) is 0 Å². The molecule has 268 valence electrons. The number of nitrogens with zero attached hydrogens (tertiary/aromatic N) is 4. The lowest BCUT2D eigenvalue weighted by Gasteiger charge is -2.27. The Morgan fingerprint density at radius 3 is 1.30 bits per heavy atom. The molecule has 16 heteroatoms. The lowest BCUT2D eigenvalue weighted by atomic mass is 9.83. The second-order valence-corrected chi connectivity index (χ2v) is 16.8. The van der Waals surface area contributed by atoms with Crippen molar-refractivity contribution in [3.05, 3.63) is 58.7 Å². The maximum absolute atomic E-state index is 14.1. The van der Waals surface area contributed by atoms with Crippen LogP contribution in [0.5, 0.6) is 0 Å². The van der Waals surface area contributed by atoms with Crippen LogP contribution in [0.3, 0.4) is 0 Å². The highest BCUT2D eigenvalue weighted by atomic mass is 32.2. The van der Waals surface area contributed by atoms with Crippen molar-refractivity contribution in [2.24, 2.45) is 10.3 Å². The number of sulfonamides is 2. The van der Waals surface area contributed by atoms with Crippen molar-refractivity contribution in [3.8, 4) is 0 Å². The van der Waals surface area contributed by atoms with Crippen LogP contribution in [0.15, 0.2) is 56.5 Å². The quantitative estimate of drug-likeness (QED) is 0.146. The zero-order chi connectivity index (χ0) is 35.4. The van der Waals surface area contributed by atoms with Crippen LogP contribution < -0.4 is 10.5 Å². The van der Waals surface area contributed by atoms with E-state index >= 15 is 0 Å². The maximum atomic E-state index is 14.1. The first kappa shape index (κ1) is 38.5. The summed E-state index contributed by atoms with van der Waals surface area (Å²) in [7, 11) is 3.17. The van der Waals surface area contributed by atoms with Gasteiger partial charge in [0.15, 0.2) is 16.0 Å². The minimum absolute atomic E-state index is 0.124. The summed E-state index contributed by atoms with van der Waals surface area (Å²) in [5.74, 6) is 0. The van der Waals surface area contributed by atoms with Gasteiger partial charge in [-0.2, -0.15) is 8.61 Å². The van der Waals surface area contributed by atoms with E-state index in [-0.39, 0.29) is 23.0 Å². The van der Waals surface area contributed by atoms with E-state index in [9.17, 15) is 16.8 Å². The predicted octanol–water partition coefficient (Wildman–Crippen LogP) is 3.57. The molecule has 2 aromatic carbocycles. The fourth-order valence-corrected chi connectivity index (χ4v) is 9.66. The van der Waals surface area contributed by atoms with Crippen LogP contribution >= 0.6 is 0 Å². The Labute approximate surface area is 300 Å². The molecule has 1 aliphatic carbocycles. The third-order valence-electron chi connectivity index (χ3n) is 9.33. The number of hydrogen-bond acceptors (Lipinski definition) is 10. The van der Waals surface area contributed by atoms with E-state index in [0.717, 1.165) is 64.2 Å². The molecule has 2 saturated heterocycles. The zero-order valence-electron chi connectivity index (χ0n) is 28.8. The molecule has 2 aromatic rings. The highest BCUT2D eigenvalue weighted by molar-refractivity contribution is 7.89. The van der Waals surface area contributed by atoms with E-state index < -0.39 is 20.0 Å². The lowest BCUT2D eigenvalue weighted by molar-refractivity contribution is 0.142. The van der Waals surface area contributed by atoms with Gasteiger partial charge in [0.1, 0.15) is 24.6 Å². The summed E-state index contributed by atoms with van der Waals surface area (Å²) in [6.07, 6.45) is 10.6. The van der Waals surface area contributed by atoms with Crippen LogP contribution in [0.25, 0.3) is 0 Å². The molecule has 50 heavy (non-hydrogen) atoms. The van der Waals surface area contributed by atoms with Crippen molar-refractivity contribution in [3.63, 3.8) is 0 Å². The van der Waals surface area contributed by atoms with Gasteiger partial charge >= 0.3 is 0 Å². The molecule has 12 nitrogen and oxygen atoms in total. The number of nitrogens with one attached hydrogen (secondary N) is 2. The second-order valence-electron chi connectivity index (χ2n) is 12.9. The highest BCUT2D eigenvalue weighted by Crippen LogP contribution is 2.34. The summed E-state index contributed by atoms with van der Waals surface area (Å²) in [4.78, 5) is 11.8. The standard InChI is InChI=1S/C34H48B2N6O6S2/c35-37-17-11-23-47-39-33-29-15-13-27(49(43,44)41-19-7-3-1-4-8-20-41)25-31(29)34(40-48-24-12-18-38-36)32-26-28(14-16-30(32)33)50(45,46)42-21-9-5-2-6-10-22-42/h13-16,25-26,37-38H,1-12,17-24H2. The van der Waals surface area contributed by atoms with Crippen molar-refractivity contribution in [1.82, 2.24) is 19.1 Å². The summed E-state index contributed by atoms with van der Waals surface area (Å²) in [6, 6.07) is 9.83. The van der Waals surface area contributed by atoms with Gasteiger partial charge in [-0.25, -0.2) is 16.8 Å². The molecule has 0 aromatic heterocycles. The molecule has 0 bridgehead atoms. The van der Waals surface area contributed by atoms with E-state index in [4.69, 9.17) is 25.6 Å². The molecule has 0 saturated carbocycles. The normalized spacial score (nSPS) is 18.2. The van der Waals surface area contributed by atoms with Crippen LogP contribution in [0, 0.1) is 0 Å². The summed E-state index contributed by atoms with van der Waals surface area (Å²) in [5, 5.41) is 14.2. The van der Waals surface area contributed by atoms with Crippen LogP contribution in [-0.4, -0.2) is 105 Å². The molecular formula is C34H48B2N6O6S2. The van der Waals surface area contributed by atoms with E-state index in [1.165, 1.54) is 0 Å². The molecule has 2 aliphatic heterocycles. The summed E-state index contributed by atoms with van der Waals surface area (Å²) in [5.41, 5.74) is 2.84. The molecule has 2 fully saturated rings. The zero-order valence-corrected chi connectivity index (χ0v) is 30.4. The Balaban J connectivity index is 1.63. The SMILES string of the molecule is [B]NCCCON=C1c2ccc(S(=O)(=O)N3CCCCCCC3)cc2C(=NOCCCN[B])c2cc(S(=O)(=O)N3CCCCCCC3)ccc21. The van der Waals surface area contributed by atoms with E-state index in [1.54, 1.807) is 45.0 Å². The van der Waals surface area contributed by atoms with Gasteiger partial charge in [-0.1, -0.05) is 61.0 Å². The number of oxime groups is 2. The Kier molecular flexibility index (Phi) is 14.4. The third kappa shape index (κ3) is 9.37. The van der Waals surface area contributed by atoms with Gasteiger partial charge in [0, 0.05) is 48.4 Å². The largest absolute Gasteiger partial charge is 0.395 e. The molecule has 0 unspecified atom stereocenters. The molecular weight excluding hydrogens is 674 g/mol. The van der Waals surface area contributed by atoms with E-state index in [0.29, 0.717) is 85.8 Å². The number of hydrogen-bond donors (Lipinski definition) is 2. The topological polar surface area (TPSA) is 142 Å². The Morgan fingerprint density at radius 2 is 0.920 bits per heavy atom. The monoisotopic (exact) mass is 722 g/mol. The third-order valence-corrected chi connectivity index (χ3v) is 13.1. The summed E-state index contributed by atoms with van der Waals surface area (Å²) >= 11 is 0. The minimum Gasteiger partial charge on any atom is -0.395 e. The maximum Gasteiger partial charge on any atom is 0.243 e. The van der Waals surface area contributed by atoms with Crippen molar-refractivity contribution >= 4 is 47.4 Å². The molecule has 0 spiro atoms. The van der Waals surface area contributed by atoms with Crippen molar-refractivity contribution < 1.29 is 26.5 Å². The van der Waals surface area contributed by atoms with Gasteiger partial charge in [0.05, 0.1) is 9.79 Å². The van der Waals surface area contributed by atoms with Crippen molar-refractivity contribution in [1.29, 1.82) is 0 Å². The lowest BCUT2D eigenvalue weighted by Crippen LogP contribution is -2.34. The average molecular weight is 723 g/mol. The van der Waals surface area contributed by atoms with E-state index in [1.807, 2.05) is 0 Å². The first-order valence-electron chi connectivity index (χ1n) is 17.9. The Morgan fingerprint density at radius 1 is 0.560 bits per heavy atom. The number of benzene rings is 2. The van der Waals surface area contributed by atoms with Gasteiger partial charge in [-0.05, 0) is 75.9 Å². The summed E-state index contributed by atoms with van der Waals surface area (Å²) in [6.45, 7) is 3.36. The first-order valence-corrected chi connectivity index (χ1v) is 20.7. The fraction of sp³-hybridized carbons (Fsp3) is 0.588. The fourth-order valence-electron chi connectivity index (χ4n) is 6.57. The molecule has 2 N–H and O–H groups in total. The van der Waals surface area contributed by atoms with Crippen LogP contribution in [-0.2, 0) is 29.7 Å². The molecule has 0 amide bonds. The van der Waals surface area contributed by atoms with Gasteiger partial charge < -0.3 is 20.1 Å². The highest BCUT2D eigenvalue weighted by Gasteiger charge is 2.34. The minimum atomic E-state index is -3.84. The first-order chi connectivity index (χ1) is 24.3. The van der Waals surface area contributed by atoms with Gasteiger partial charge in [-0.3, -0.25) is 0 Å². The molecule has 4 radical (unpaired) electrons. The molecule has 3 aliphatic rings. The smallest absolute Gasteiger partial charge is 0.243 e. The van der Waals surface area contributed by atoms with Crippen LogP contribution in [0.1, 0.15) is 99.3 Å². The number of fused-ring (bicyclic) bond motifs is 2. The van der Waals surface area contributed by atoms with Crippen LogP contribution in [0.2, 0.25) is 0 Å². The average Bonchev–Trinajstić information content (AvgIpc) is 3.07. The van der Waals surface area contributed by atoms with E-state index in [2.05, 4.69) is 20.8 Å². The Bertz CT molecular complexity index is 1600. The Hall–Kier alpha value is -2.75. The molecule has 2 heterocycles. The second kappa shape index (κ2) is 18.7.